The van der Waals surface area contributed by atoms with Crippen molar-refractivity contribution in [3.05, 3.63) is 42.2 Å². The van der Waals surface area contributed by atoms with E-state index in [9.17, 15) is 4.79 Å². The lowest BCUT2D eigenvalue weighted by Gasteiger charge is -2.02. The third-order valence-corrected chi connectivity index (χ3v) is 1.83. The standard InChI is InChI=1S/C11H11ClO3/c1-14-10-4-2-9(3-5-10)8-15-7-6-11(12)13/h2-7H,8H2,1H3/b7-6+. The van der Waals surface area contributed by atoms with Gasteiger partial charge in [0.1, 0.15) is 12.4 Å². The van der Waals surface area contributed by atoms with Gasteiger partial charge in [-0.25, -0.2) is 0 Å². The summed E-state index contributed by atoms with van der Waals surface area (Å²) in [5, 5.41) is -0.551. The van der Waals surface area contributed by atoms with Crippen molar-refractivity contribution in [2.24, 2.45) is 0 Å². The lowest BCUT2D eigenvalue weighted by Crippen LogP contribution is -1.88. The van der Waals surface area contributed by atoms with Gasteiger partial charge in [-0.2, -0.15) is 0 Å². The highest BCUT2D eigenvalue weighted by atomic mass is 35.5. The maximum atomic E-state index is 10.3. The fraction of sp³-hybridized carbons (Fsp3) is 0.182. The minimum absolute atomic E-state index is 0.394. The number of carbonyl (C=O) groups is 1. The first-order valence-electron chi connectivity index (χ1n) is 4.33. The molecule has 0 bridgehead atoms. The second-order valence-corrected chi connectivity index (χ2v) is 3.14. The Labute approximate surface area is 93.3 Å². The fourth-order valence-electron chi connectivity index (χ4n) is 0.968. The van der Waals surface area contributed by atoms with Crippen LogP contribution in [0.2, 0.25) is 0 Å². The number of hydrogen-bond acceptors (Lipinski definition) is 3. The Morgan fingerprint density at radius 1 is 1.40 bits per heavy atom. The summed E-state index contributed by atoms with van der Waals surface area (Å²) in [5.41, 5.74) is 0.988. The van der Waals surface area contributed by atoms with Gasteiger partial charge in [0, 0.05) is 6.08 Å². The molecule has 0 atom stereocenters. The van der Waals surface area contributed by atoms with Crippen molar-refractivity contribution in [3.63, 3.8) is 0 Å². The number of allylic oxidation sites excluding steroid dienone is 1. The van der Waals surface area contributed by atoms with Crippen molar-refractivity contribution in [1.29, 1.82) is 0 Å². The highest BCUT2D eigenvalue weighted by Gasteiger charge is 1.93. The number of methoxy groups -OCH3 is 1. The average molecular weight is 227 g/mol. The molecule has 0 aliphatic heterocycles. The van der Waals surface area contributed by atoms with E-state index in [0.29, 0.717) is 6.61 Å². The molecule has 0 fully saturated rings. The summed E-state index contributed by atoms with van der Waals surface area (Å²) in [4.78, 5) is 10.3. The Morgan fingerprint density at radius 3 is 2.60 bits per heavy atom. The van der Waals surface area contributed by atoms with Crippen LogP contribution in [0.5, 0.6) is 5.75 Å². The van der Waals surface area contributed by atoms with Crippen LogP contribution in [0, 0.1) is 0 Å². The molecule has 80 valence electrons. The maximum Gasteiger partial charge on any atom is 0.248 e. The predicted molar refractivity (Wildman–Crippen MR) is 57.8 cm³/mol. The summed E-state index contributed by atoms with van der Waals surface area (Å²) in [5.74, 6) is 0.797. The van der Waals surface area contributed by atoms with E-state index in [1.807, 2.05) is 24.3 Å². The summed E-state index contributed by atoms with van der Waals surface area (Å²) >= 11 is 5.08. The first kappa shape index (κ1) is 11.6. The van der Waals surface area contributed by atoms with Crippen LogP contribution in [-0.2, 0) is 16.1 Å². The number of rotatable bonds is 5. The number of halogens is 1. The molecule has 0 aliphatic rings. The number of carbonyl (C=O) groups excluding carboxylic acids is 1. The largest absolute Gasteiger partial charge is 0.497 e. The summed E-state index contributed by atoms with van der Waals surface area (Å²) in [6.07, 6.45) is 2.44. The summed E-state index contributed by atoms with van der Waals surface area (Å²) in [6.45, 7) is 0.394. The lowest BCUT2D eigenvalue weighted by atomic mass is 10.2. The van der Waals surface area contributed by atoms with E-state index in [2.05, 4.69) is 0 Å². The van der Waals surface area contributed by atoms with E-state index in [-0.39, 0.29) is 0 Å². The van der Waals surface area contributed by atoms with Gasteiger partial charge >= 0.3 is 0 Å². The Kier molecular flexibility index (Phi) is 4.71. The minimum atomic E-state index is -0.551. The van der Waals surface area contributed by atoms with E-state index in [1.54, 1.807) is 7.11 Å². The molecule has 1 rings (SSSR count). The first-order chi connectivity index (χ1) is 7.22. The molecule has 4 heteroatoms. The minimum Gasteiger partial charge on any atom is -0.497 e. The van der Waals surface area contributed by atoms with E-state index in [0.717, 1.165) is 17.4 Å². The van der Waals surface area contributed by atoms with Gasteiger partial charge < -0.3 is 9.47 Å². The van der Waals surface area contributed by atoms with Gasteiger partial charge in [-0.3, -0.25) is 4.79 Å². The molecule has 1 aromatic rings. The Hall–Kier alpha value is -1.48. The topological polar surface area (TPSA) is 35.5 Å². The smallest absolute Gasteiger partial charge is 0.248 e. The van der Waals surface area contributed by atoms with Crippen LogP contribution in [0.1, 0.15) is 5.56 Å². The van der Waals surface area contributed by atoms with E-state index in [1.165, 1.54) is 6.26 Å². The summed E-state index contributed by atoms with van der Waals surface area (Å²) in [7, 11) is 1.61. The lowest BCUT2D eigenvalue weighted by molar-refractivity contribution is -0.107. The molecule has 0 radical (unpaired) electrons. The van der Waals surface area contributed by atoms with Crippen LogP contribution in [0.15, 0.2) is 36.6 Å². The highest BCUT2D eigenvalue weighted by molar-refractivity contribution is 6.66. The highest BCUT2D eigenvalue weighted by Crippen LogP contribution is 2.11. The first-order valence-corrected chi connectivity index (χ1v) is 4.70. The Morgan fingerprint density at radius 2 is 2.07 bits per heavy atom. The number of benzene rings is 1. The quantitative estimate of drug-likeness (QED) is 0.440. The van der Waals surface area contributed by atoms with Gasteiger partial charge in [-0.15, -0.1) is 0 Å². The molecule has 0 spiro atoms. The van der Waals surface area contributed by atoms with Crippen molar-refractivity contribution in [3.8, 4) is 5.75 Å². The van der Waals surface area contributed by atoms with E-state index in [4.69, 9.17) is 21.1 Å². The molecule has 0 heterocycles. The van der Waals surface area contributed by atoms with Gasteiger partial charge in [0.15, 0.2) is 0 Å². The second-order valence-electron chi connectivity index (χ2n) is 2.77. The molecule has 1 aromatic carbocycles. The van der Waals surface area contributed by atoms with Gasteiger partial charge in [-0.1, -0.05) is 12.1 Å². The normalized spacial score (nSPS) is 10.3. The average Bonchev–Trinajstić information content (AvgIpc) is 2.25. The molecule has 0 saturated carbocycles. The van der Waals surface area contributed by atoms with Crippen LogP contribution in [0.25, 0.3) is 0 Å². The third kappa shape index (κ3) is 4.51. The van der Waals surface area contributed by atoms with Crippen molar-refractivity contribution in [2.75, 3.05) is 7.11 Å². The van der Waals surface area contributed by atoms with Gasteiger partial charge in [0.2, 0.25) is 5.24 Å². The molecule has 15 heavy (non-hydrogen) atoms. The molecule has 0 amide bonds. The molecular weight excluding hydrogens is 216 g/mol. The van der Waals surface area contributed by atoms with Crippen LogP contribution in [0.3, 0.4) is 0 Å². The molecule has 0 unspecified atom stereocenters. The summed E-state index contributed by atoms with van der Waals surface area (Å²) < 4.78 is 10.1. The zero-order valence-electron chi connectivity index (χ0n) is 8.27. The predicted octanol–water partition coefficient (Wildman–Crippen LogP) is 2.49. The Balaban J connectivity index is 2.41. The molecule has 0 aliphatic carbocycles. The van der Waals surface area contributed by atoms with Crippen LogP contribution in [-0.4, -0.2) is 12.4 Å². The third-order valence-electron chi connectivity index (χ3n) is 1.70. The van der Waals surface area contributed by atoms with Crippen LogP contribution < -0.4 is 4.74 Å². The van der Waals surface area contributed by atoms with E-state index >= 15 is 0 Å². The SMILES string of the molecule is COc1ccc(CO/C=C/C(=O)Cl)cc1. The van der Waals surface area contributed by atoms with Crippen molar-refractivity contribution >= 4 is 16.8 Å². The summed E-state index contributed by atoms with van der Waals surface area (Å²) in [6, 6.07) is 7.45. The van der Waals surface area contributed by atoms with Gasteiger partial charge in [0.05, 0.1) is 13.4 Å². The number of ether oxygens (including phenoxy) is 2. The second kappa shape index (κ2) is 6.09. The molecular formula is C11H11ClO3. The fourth-order valence-corrected chi connectivity index (χ4v) is 1.02. The molecule has 3 nitrogen and oxygen atoms in total. The zero-order valence-corrected chi connectivity index (χ0v) is 9.03. The molecule has 0 saturated heterocycles. The van der Waals surface area contributed by atoms with Crippen LogP contribution in [0.4, 0.5) is 0 Å². The van der Waals surface area contributed by atoms with Crippen molar-refractivity contribution < 1.29 is 14.3 Å². The molecule has 0 N–H and O–H groups in total. The Bertz CT molecular complexity index is 343. The zero-order chi connectivity index (χ0) is 11.1. The van der Waals surface area contributed by atoms with Crippen LogP contribution >= 0.6 is 11.6 Å². The maximum absolute atomic E-state index is 10.3. The monoisotopic (exact) mass is 226 g/mol. The van der Waals surface area contributed by atoms with Crippen molar-refractivity contribution in [1.82, 2.24) is 0 Å². The van der Waals surface area contributed by atoms with Crippen molar-refractivity contribution in [2.45, 2.75) is 6.61 Å². The van der Waals surface area contributed by atoms with Gasteiger partial charge in [-0.05, 0) is 29.3 Å². The van der Waals surface area contributed by atoms with E-state index < -0.39 is 5.24 Å². The number of hydrogen-bond donors (Lipinski definition) is 0. The van der Waals surface area contributed by atoms with Gasteiger partial charge in [0.25, 0.3) is 0 Å². The molecule has 0 aromatic heterocycles.